The van der Waals surface area contributed by atoms with E-state index in [1.807, 2.05) is 0 Å². The van der Waals surface area contributed by atoms with Crippen molar-refractivity contribution in [3.8, 4) is 11.5 Å². The predicted molar refractivity (Wildman–Crippen MR) is 101 cm³/mol. The summed E-state index contributed by atoms with van der Waals surface area (Å²) in [5.41, 5.74) is 4.62. The average molecular weight is 352 g/mol. The summed E-state index contributed by atoms with van der Waals surface area (Å²) >= 11 is 0. The third-order valence-corrected chi connectivity index (χ3v) is 7.92. The Morgan fingerprint density at radius 3 is 2.85 bits per heavy atom. The molecule has 6 rings (SSSR count). The second kappa shape index (κ2) is 5.19. The summed E-state index contributed by atoms with van der Waals surface area (Å²) < 4.78 is 12.5. The van der Waals surface area contributed by atoms with Crippen molar-refractivity contribution in [2.45, 2.75) is 49.7 Å². The first-order chi connectivity index (χ1) is 12.7. The summed E-state index contributed by atoms with van der Waals surface area (Å²) in [4.78, 5) is 5.21. The van der Waals surface area contributed by atoms with Gasteiger partial charge in [-0.3, -0.25) is 0 Å². The number of rotatable bonds is 2. The minimum Gasteiger partial charge on any atom is -0.493 e. The molecule has 26 heavy (non-hydrogen) atoms. The number of nitrogens with zero attached hydrogens (tertiary/aromatic N) is 2. The molecule has 0 unspecified atom stereocenters. The number of allylic oxidation sites excluding steroid dienone is 1. The summed E-state index contributed by atoms with van der Waals surface area (Å²) in [6.45, 7) is 3.55. The minimum atomic E-state index is 0.154. The smallest absolute Gasteiger partial charge is 0.166 e. The van der Waals surface area contributed by atoms with E-state index in [9.17, 15) is 0 Å². The van der Waals surface area contributed by atoms with Gasteiger partial charge in [0.15, 0.2) is 11.5 Å². The number of ether oxygens (including phenoxy) is 2. The molecule has 1 aromatic rings. The van der Waals surface area contributed by atoms with E-state index in [0.29, 0.717) is 12.0 Å². The van der Waals surface area contributed by atoms with Gasteiger partial charge < -0.3 is 19.3 Å². The van der Waals surface area contributed by atoms with Crippen molar-refractivity contribution >= 4 is 0 Å². The van der Waals surface area contributed by atoms with Crippen LogP contribution in [0, 0.1) is 5.92 Å². The molecule has 0 N–H and O–H groups in total. The lowest BCUT2D eigenvalue weighted by Crippen LogP contribution is -2.64. The topological polar surface area (TPSA) is 24.9 Å². The molecular formula is C22H28N2O2. The van der Waals surface area contributed by atoms with Gasteiger partial charge in [-0.05, 0) is 63.2 Å². The Kier molecular flexibility index (Phi) is 3.07. The Hall–Kier alpha value is -1.68. The number of hydrogen-bond donors (Lipinski definition) is 0. The molecule has 138 valence electrons. The average Bonchev–Trinajstić information content (AvgIpc) is 3.30. The molecule has 1 spiro atoms. The Labute approximate surface area is 155 Å². The van der Waals surface area contributed by atoms with E-state index in [4.69, 9.17) is 9.47 Å². The van der Waals surface area contributed by atoms with Gasteiger partial charge in [-0.1, -0.05) is 12.1 Å². The number of benzene rings is 1. The van der Waals surface area contributed by atoms with E-state index in [2.05, 4.69) is 35.1 Å². The zero-order valence-corrected chi connectivity index (χ0v) is 15.8. The van der Waals surface area contributed by atoms with Crippen LogP contribution in [0.25, 0.3) is 0 Å². The number of hydrogen-bond acceptors (Lipinski definition) is 4. The molecule has 0 amide bonds. The normalized spacial score (nSPS) is 37.2. The van der Waals surface area contributed by atoms with Gasteiger partial charge in [0, 0.05) is 30.1 Å². The minimum absolute atomic E-state index is 0.154. The molecule has 2 aliphatic carbocycles. The van der Waals surface area contributed by atoms with Gasteiger partial charge >= 0.3 is 0 Å². The van der Waals surface area contributed by atoms with E-state index in [1.54, 1.807) is 7.11 Å². The third-order valence-electron chi connectivity index (χ3n) is 7.92. The van der Waals surface area contributed by atoms with Gasteiger partial charge in [-0.15, -0.1) is 0 Å². The van der Waals surface area contributed by atoms with E-state index >= 15 is 0 Å². The quantitative estimate of drug-likeness (QED) is 0.817. The first-order valence-corrected chi connectivity index (χ1v) is 10.3. The summed E-state index contributed by atoms with van der Waals surface area (Å²) in [6, 6.07) is 5.07. The van der Waals surface area contributed by atoms with Crippen LogP contribution >= 0.6 is 0 Å². The van der Waals surface area contributed by atoms with Crippen LogP contribution in [-0.2, 0) is 11.8 Å². The van der Waals surface area contributed by atoms with E-state index in [0.717, 1.165) is 17.9 Å². The zero-order valence-electron chi connectivity index (χ0n) is 15.8. The maximum Gasteiger partial charge on any atom is 0.166 e. The van der Waals surface area contributed by atoms with Crippen LogP contribution in [0.3, 0.4) is 0 Å². The lowest BCUT2D eigenvalue weighted by molar-refractivity contribution is -0.0170. The summed E-state index contributed by atoms with van der Waals surface area (Å²) in [7, 11) is 4.09. The lowest BCUT2D eigenvalue weighted by Gasteiger charge is -2.57. The van der Waals surface area contributed by atoms with Crippen LogP contribution < -0.4 is 9.47 Å². The highest BCUT2D eigenvalue weighted by atomic mass is 16.5. The van der Waals surface area contributed by atoms with Crippen molar-refractivity contribution in [2.24, 2.45) is 5.92 Å². The highest BCUT2D eigenvalue weighted by Gasteiger charge is 2.64. The molecule has 4 heteroatoms. The maximum absolute atomic E-state index is 6.81. The fraction of sp³-hybridized carbons (Fsp3) is 0.636. The van der Waals surface area contributed by atoms with Crippen LogP contribution in [-0.4, -0.2) is 55.7 Å². The van der Waals surface area contributed by atoms with E-state index < -0.39 is 0 Å². The molecule has 2 bridgehead atoms. The van der Waals surface area contributed by atoms with E-state index in [1.165, 1.54) is 62.1 Å². The Balaban J connectivity index is 1.58. The standard InChI is InChI=1S/C22H28N2O2/c1-23-12-9-22-15-6-7-16(24-10-3-4-11-24)21(22)26-20-18(25-2)8-5-14(19(20)22)13-17(15)23/h5,7-8,15,17,21H,3-4,6,9-13H2,1-2H3/t15-,17+,21-,22-/m0/s1. The van der Waals surface area contributed by atoms with Crippen molar-refractivity contribution in [1.29, 1.82) is 0 Å². The van der Waals surface area contributed by atoms with Crippen LogP contribution in [0.2, 0.25) is 0 Å². The molecule has 3 heterocycles. The second-order valence-corrected chi connectivity index (χ2v) is 8.84. The van der Waals surface area contributed by atoms with Gasteiger partial charge in [0.05, 0.1) is 12.8 Å². The van der Waals surface area contributed by atoms with Crippen molar-refractivity contribution in [3.63, 3.8) is 0 Å². The third kappa shape index (κ3) is 1.70. The molecule has 5 aliphatic rings. The Morgan fingerprint density at radius 1 is 1.19 bits per heavy atom. The van der Waals surface area contributed by atoms with Gasteiger partial charge in [-0.2, -0.15) is 0 Å². The van der Waals surface area contributed by atoms with Crippen molar-refractivity contribution in [1.82, 2.24) is 9.80 Å². The SMILES string of the molecule is COc1ccc2c3c1O[C@H]1C(N4CCCC4)=CC[C@H]4[C@@H](C2)N(C)CC[C@]314. The molecule has 3 aliphatic heterocycles. The molecule has 1 aromatic carbocycles. The summed E-state index contributed by atoms with van der Waals surface area (Å²) in [5, 5.41) is 0. The largest absolute Gasteiger partial charge is 0.493 e. The van der Waals surface area contributed by atoms with Gasteiger partial charge in [0.25, 0.3) is 0 Å². The fourth-order valence-corrected chi connectivity index (χ4v) is 6.76. The first kappa shape index (κ1) is 15.4. The summed E-state index contributed by atoms with van der Waals surface area (Å²) in [5.74, 6) is 2.64. The highest BCUT2D eigenvalue weighted by molar-refractivity contribution is 5.62. The molecule has 4 nitrogen and oxygen atoms in total. The molecule has 0 aromatic heterocycles. The molecule has 2 saturated heterocycles. The molecule has 4 atom stereocenters. The van der Waals surface area contributed by atoms with Crippen LogP contribution in [0.5, 0.6) is 11.5 Å². The fourth-order valence-electron chi connectivity index (χ4n) is 6.76. The monoisotopic (exact) mass is 352 g/mol. The van der Waals surface area contributed by atoms with Crippen molar-refractivity contribution in [3.05, 3.63) is 35.0 Å². The number of methoxy groups -OCH3 is 1. The van der Waals surface area contributed by atoms with Crippen molar-refractivity contribution < 1.29 is 9.47 Å². The second-order valence-electron chi connectivity index (χ2n) is 8.84. The van der Waals surface area contributed by atoms with Crippen LogP contribution in [0.15, 0.2) is 23.9 Å². The molecule has 2 fully saturated rings. The Bertz CT molecular complexity index is 798. The zero-order chi connectivity index (χ0) is 17.5. The predicted octanol–water partition coefficient (Wildman–Crippen LogP) is 2.95. The van der Waals surface area contributed by atoms with Crippen LogP contribution in [0.4, 0.5) is 0 Å². The molecular weight excluding hydrogens is 324 g/mol. The van der Waals surface area contributed by atoms with Crippen LogP contribution in [0.1, 0.15) is 36.8 Å². The number of likely N-dealkylation sites (tertiary alicyclic amines) is 2. The summed E-state index contributed by atoms with van der Waals surface area (Å²) in [6.07, 6.45) is 8.87. The molecule has 0 radical (unpaired) electrons. The number of likely N-dealkylation sites (N-methyl/N-ethyl adjacent to an activating group) is 1. The van der Waals surface area contributed by atoms with Gasteiger partial charge in [0.2, 0.25) is 0 Å². The van der Waals surface area contributed by atoms with Crippen molar-refractivity contribution in [2.75, 3.05) is 33.8 Å². The van der Waals surface area contributed by atoms with E-state index in [-0.39, 0.29) is 11.5 Å². The van der Waals surface area contributed by atoms with Gasteiger partial charge in [-0.25, -0.2) is 0 Å². The first-order valence-electron chi connectivity index (χ1n) is 10.3. The molecule has 0 saturated carbocycles. The van der Waals surface area contributed by atoms with Gasteiger partial charge in [0.1, 0.15) is 6.10 Å². The lowest BCUT2D eigenvalue weighted by atomic mass is 9.52. The number of piperidine rings is 1. The Morgan fingerprint density at radius 2 is 2.04 bits per heavy atom. The highest BCUT2D eigenvalue weighted by Crippen LogP contribution is 2.64. The maximum atomic E-state index is 6.81.